The Morgan fingerprint density at radius 1 is 1.40 bits per heavy atom. The summed E-state index contributed by atoms with van der Waals surface area (Å²) in [6, 6.07) is 0.837. The molecule has 15 heavy (non-hydrogen) atoms. The van der Waals surface area contributed by atoms with E-state index < -0.39 is 0 Å². The van der Waals surface area contributed by atoms with Gasteiger partial charge in [0.15, 0.2) is 0 Å². The number of nitrogens with one attached hydrogen (secondary N) is 1. The average Bonchev–Trinajstić information content (AvgIpc) is 2.75. The van der Waals surface area contributed by atoms with Crippen LogP contribution in [0.1, 0.15) is 46.5 Å². The molecule has 2 fully saturated rings. The molecule has 0 spiro atoms. The van der Waals surface area contributed by atoms with E-state index in [2.05, 4.69) is 31.0 Å². The minimum Gasteiger partial charge on any atom is -0.310 e. The second-order valence-electron chi connectivity index (χ2n) is 6.02. The molecule has 0 amide bonds. The highest BCUT2D eigenvalue weighted by Gasteiger charge is 2.35. The Balaban J connectivity index is 1.92. The Bertz CT molecular complexity index is 207. The number of rotatable bonds is 3. The van der Waals surface area contributed by atoms with Crippen molar-refractivity contribution in [3.8, 4) is 0 Å². The minimum absolute atomic E-state index is 0.400. The number of likely N-dealkylation sites (tertiary alicyclic amines) is 1. The van der Waals surface area contributed by atoms with Crippen molar-refractivity contribution in [2.45, 2.75) is 58.0 Å². The summed E-state index contributed by atoms with van der Waals surface area (Å²) >= 11 is 0. The van der Waals surface area contributed by atoms with Crippen molar-refractivity contribution >= 4 is 0 Å². The van der Waals surface area contributed by atoms with Gasteiger partial charge in [-0.2, -0.15) is 0 Å². The van der Waals surface area contributed by atoms with E-state index >= 15 is 0 Å². The van der Waals surface area contributed by atoms with Crippen molar-refractivity contribution in [3.63, 3.8) is 0 Å². The van der Waals surface area contributed by atoms with Gasteiger partial charge in [-0.25, -0.2) is 0 Å². The Kier molecular flexibility index (Phi) is 3.36. The number of hydrogen-bond acceptors (Lipinski definition) is 2. The molecular weight excluding hydrogens is 184 g/mol. The van der Waals surface area contributed by atoms with Crippen LogP contribution in [-0.2, 0) is 0 Å². The van der Waals surface area contributed by atoms with E-state index in [1.54, 1.807) is 0 Å². The lowest BCUT2D eigenvalue weighted by molar-refractivity contribution is 0.159. The van der Waals surface area contributed by atoms with Crippen LogP contribution in [0.15, 0.2) is 0 Å². The van der Waals surface area contributed by atoms with Crippen LogP contribution in [0.2, 0.25) is 0 Å². The molecule has 0 aliphatic carbocycles. The van der Waals surface area contributed by atoms with Crippen LogP contribution in [0.25, 0.3) is 0 Å². The molecule has 2 heterocycles. The second kappa shape index (κ2) is 4.42. The highest BCUT2D eigenvalue weighted by atomic mass is 15.2. The van der Waals surface area contributed by atoms with Gasteiger partial charge in [-0.1, -0.05) is 13.8 Å². The summed E-state index contributed by atoms with van der Waals surface area (Å²) in [6.07, 6.45) is 5.53. The van der Waals surface area contributed by atoms with Gasteiger partial charge in [0.25, 0.3) is 0 Å². The zero-order chi connectivity index (χ0) is 10.9. The lowest BCUT2D eigenvalue weighted by Crippen LogP contribution is -2.49. The van der Waals surface area contributed by atoms with Crippen LogP contribution in [0.4, 0.5) is 0 Å². The van der Waals surface area contributed by atoms with Gasteiger partial charge in [0.2, 0.25) is 0 Å². The summed E-state index contributed by atoms with van der Waals surface area (Å²) in [4.78, 5) is 2.73. The molecule has 2 saturated heterocycles. The quantitative estimate of drug-likeness (QED) is 0.768. The molecule has 2 rings (SSSR count). The first kappa shape index (κ1) is 11.4. The summed E-state index contributed by atoms with van der Waals surface area (Å²) in [5.74, 6) is 0.817. The van der Waals surface area contributed by atoms with Crippen molar-refractivity contribution in [2.75, 3.05) is 19.6 Å². The molecule has 0 saturated carbocycles. The summed E-state index contributed by atoms with van der Waals surface area (Å²) < 4.78 is 0. The van der Waals surface area contributed by atoms with Crippen molar-refractivity contribution in [3.05, 3.63) is 0 Å². The number of nitrogens with zero attached hydrogens (tertiary/aromatic N) is 1. The molecular formula is C13H26N2. The predicted octanol–water partition coefficient (Wildman–Crippen LogP) is 2.25. The fraction of sp³-hybridized carbons (Fsp3) is 1.00. The van der Waals surface area contributed by atoms with Gasteiger partial charge in [-0.05, 0) is 51.6 Å². The first-order valence-corrected chi connectivity index (χ1v) is 6.60. The molecule has 2 aliphatic rings. The Morgan fingerprint density at radius 3 is 2.80 bits per heavy atom. The Hall–Kier alpha value is -0.0800. The summed E-state index contributed by atoms with van der Waals surface area (Å²) in [6.45, 7) is 10.9. The molecule has 1 N–H and O–H groups in total. The highest BCUT2D eigenvalue weighted by Crippen LogP contribution is 2.28. The van der Waals surface area contributed by atoms with E-state index in [4.69, 9.17) is 0 Å². The van der Waals surface area contributed by atoms with Gasteiger partial charge in [0, 0.05) is 18.1 Å². The molecule has 2 heteroatoms. The van der Waals surface area contributed by atoms with Crippen molar-refractivity contribution in [1.82, 2.24) is 10.2 Å². The van der Waals surface area contributed by atoms with Crippen molar-refractivity contribution in [1.29, 1.82) is 0 Å². The molecule has 2 atom stereocenters. The lowest BCUT2D eigenvalue weighted by atomic mass is 9.97. The summed E-state index contributed by atoms with van der Waals surface area (Å²) in [7, 11) is 0. The van der Waals surface area contributed by atoms with E-state index in [-0.39, 0.29) is 0 Å². The molecule has 0 aromatic carbocycles. The van der Waals surface area contributed by atoms with Gasteiger partial charge in [-0.15, -0.1) is 0 Å². The van der Waals surface area contributed by atoms with Crippen molar-refractivity contribution in [2.24, 2.45) is 5.92 Å². The molecule has 2 unspecified atom stereocenters. The van der Waals surface area contributed by atoms with Gasteiger partial charge < -0.3 is 5.32 Å². The van der Waals surface area contributed by atoms with E-state index in [0.29, 0.717) is 5.54 Å². The van der Waals surface area contributed by atoms with E-state index in [1.165, 1.54) is 45.3 Å². The van der Waals surface area contributed by atoms with Crippen LogP contribution >= 0.6 is 0 Å². The van der Waals surface area contributed by atoms with Gasteiger partial charge in [0.05, 0.1) is 0 Å². The summed E-state index contributed by atoms with van der Waals surface area (Å²) in [5, 5.41) is 3.68. The Morgan fingerprint density at radius 2 is 2.20 bits per heavy atom. The van der Waals surface area contributed by atoms with Crippen LogP contribution < -0.4 is 5.32 Å². The van der Waals surface area contributed by atoms with Gasteiger partial charge in [0.1, 0.15) is 0 Å². The maximum atomic E-state index is 3.68. The SMILES string of the molecule is CC(C)C1CCCN1CC1(C)CCCN1. The normalized spacial score (nSPS) is 38.0. The van der Waals surface area contributed by atoms with Gasteiger partial charge >= 0.3 is 0 Å². The third-order valence-electron chi connectivity index (χ3n) is 4.19. The average molecular weight is 210 g/mol. The molecule has 0 aromatic heterocycles. The van der Waals surface area contributed by atoms with Crippen molar-refractivity contribution < 1.29 is 0 Å². The lowest BCUT2D eigenvalue weighted by Gasteiger charge is -2.35. The van der Waals surface area contributed by atoms with Crippen LogP contribution in [0.3, 0.4) is 0 Å². The standard InChI is InChI=1S/C13H26N2/c1-11(2)12-6-4-9-15(12)10-13(3)7-5-8-14-13/h11-12,14H,4-10H2,1-3H3. The van der Waals surface area contributed by atoms with Gasteiger partial charge in [-0.3, -0.25) is 4.90 Å². The zero-order valence-corrected chi connectivity index (χ0v) is 10.6. The second-order valence-corrected chi connectivity index (χ2v) is 6.02. The molecule has 88 valence electrons. The van der Waals surface area contributed by atoms with Crippen LogP contribution in [-0.4, -0.2) is 36.1 Å². The predicted molar refractivity (Wildman–Crippen MR) is 65.1 cm³/mol. The largest absolute Gasteiger partial charge is 0.310 e. The monoisotopic (exact) mass is 210 g/mol. The maximum Gasteiger partial charge on any atom is 0.0281 e. The summed E-state index contributed by atoms with van der Waals surface area (Å²) in [5.41, 5.74) is 0.400. The number of hydrogen-bond donors (Lipinski definition) is 1. The van der Waals surface area contributed by atoms with E-state index in [1.807, 2.05) is 0 Å². The minimum atomic E-state index is 0.400. The molecule has 0 bridgehead atoms. The molecule has 2 nitrogen and oxygen atoms in total. The van der Waals surface area contributed by atoms with E-state index in [9.17, 15) is 0 Å². The molecule has 0 aromatic rings. The Labute approximate surface area is 94.4 Å². The fourth-order valence-electron chi connectivity index (χ4n) is 3.34. The maximum absolute atomic E-state index is 3.68. The topological polar surface area (TPSA) is 15.3 Å². The van der Waals surface area contributed by atoms with Crippen LogP contribution in [0.5, 0.6) is 0 Å². The third kappa shape index (κ3) is 2.54. The third-order valence-corrected chi connectivity index (χ3v) is 4.19. The zero-order valence-electron chi connectivity index (χ0n) is 10.6. The smallest absolute Gasteiger partial charge is 0.0281 e. The highest BCUT2D eigenvalue weighted by molar-refractivity contribution is 4.94. The molecule has 2 aliphatic heterocycles. The first-order valence-electron chi connectivity index (χ1n) is 6.60. The molecule has 0 radical (unpaired) electrons. The fourth-order valence-corrected chi connectivity index (χ4v) is 3.34. The van der Waals surface area contributed by atoms with Crippen LogP contribution in [0, 0.1) is 5.92 Å². The van der Waals surface area contributed by atoms with E-state index in [0.717, 1.165) is 12.0 Å². The first-order chi connectivity index (χ1) is 7.11.